The summed E-state index contributed by atoms with van der Waals surface area (Å²) in [6.45, 7) is 0. The van der Waals surface area contributed by atoms with E-state index in [0.717, 1.165) is 24.6 Å². The van der Waals surface area contributed by atoms with Gasteiger partial charge in [0.2, 0.25) is 11.8 Å². The lowest BCUT2D eigenvalue weighted by Gasteiger charge is -2.10. The highest BCUT2D eigenvalue weighted by atomic mass is 35.5. The molecule has 29 heavy (non-hydrogen) atoms. The maximum absolute atomic E-state index is 12.3. The van der Waals surface area contributed by atoms with Crippen molar-refractivity contribution in [3.05, 3.63) is 59.1 Å². The van der Waals surface area contributed by atoms with Gasteiger partial charge in [0.25, 0.3) is 11.1 Å². The number of anilines is 1. The topological polar surface area (TPSA) is 97.1 Å². The first-order valence-electron chi connectivity index (χ1n) is 9.00. The average Bonchev–Trinajstić information content (AvgIpc) is 3.40. The molecular formula is C20H17ClN4O3S. The van der Waals surface area contributed by atoms with E-state index in [9.17, 15) is 9.59 Å². The Labute approximate surface area is 176 Å². The summed E-state index contributed by atoms with van der Waals surface area (Å²) < 4.78 is 5.58. The second-order valence-electron chi connectivity index (χ2n) is 6.51. The first kappa shape index (κ1) is 19.5. The van der Waals surface area contributed by atoms with Crippen LogP contribution in [0.4, 0.5) is 5.69 Å². The van der Waals surface area contributed by atoms with Crippen LogP contribution in [0.1, 0.15) is 23.2 Å². The Morgan fingerprint density at radius 1 is 1.14 bits per heavy atom. The smallest absolute Gasteiger partial charge is 0.277 e. The second-order valence-corrected chi connectivity index (χ2v) is 7.88. The molecule has 1 aromatic heterocycles. The number of amides is 2. The molecule has 0 unspecified atom stereocenters. The van der Waals surface area contributed by atoms with Crippen LogP contribution in [0.5, 0.6) is 0 Å². The van der Waals surface area contributed by atoms with E-state index in [1.165, 1.54) is 0 Å². The van der Waals surface area contributed by atoms with Crippen molar-refractivity contribution in [2.75, 3.05) is 11.1 Å². The first-order valence-corrected chi connectivity index (χ1v) is 10.4. The van der Waals surface area contributed by atoms with Crippen LogP contribution in [-0.2, 0) is 4.79 Å². The zero-order valence-corrected chi connectivity index (χ0v) is 16.8. The van der Waals surface area contributed by atoms with E-state index in [2.05, 4.69) is 20.8 Å². The summed E-state index contributed by atoms with van der Waals surface area (Å²) >= 11 is 7.09. The van der Waals surface area contributed by atoms with E-state index in [1.54, 1.807) is 42.5 Å². The molecule has 9 heteroatoms. The number of rotatable bonds is 7. The van der Waals surface area contributed by atoms with Crippen LogP contribution in [0, 0.1) is 0 Å². The number of aromatic nitrogens is 2. The molecule has 3 aromatic rings. The highest BCUT2D eigenvalue weighted by Crippen LogP contribution is 2.26. The Morgan fingerprint density at radius 3 is 2.76 bits per heavy atom. The van der Waals surface area contributed by atoms with Gasteiger partial charge in [-0.15, -0.1) is 10.2 Å². The fourth-order valence-electron chi connectivity index (χ4n) is 2.60. The number of nitrogens with zero attached hydrogens (tertiary/aromatic N) is 2. The van der Waals surface area contributed by atoms with Crippen molar-refractivity contribution >= 4 is 40.9 Å². The van der Waals surface area contributed by atoms with Crippen LogP contribution in [0.3, 0.4) is 0 Å². The Bertz CT molecular complexity index is 1050. The van der Waals surface area contributed by atoms with Gasteiger partial charge in [-0.05, 0) is 43.2 Å². The van der Waals surface area contributed by atoms with Gasteiger partial charge in [-0.3, -0.25) is 9.59 Å². The third kappa shape index (κ3) is 5.16. The highest BCUT2D eigenvalue weighted by Gasteiger charge is 2.25. The third-order valence-electron chi connectivity index (χ3n) is 4.16. The zero-order chi connectivity index (χ0) is 20.2. The SMILES string of the molecule is O=C(CSc1nnc(-c2cccc(Cl)c2)o1)Nc1ccccc1C(=O)NC1CC1. The lowest BCUT2D eigenvalue weighted by atomic mass is 10.1. The van der Waals surface area contributed by atoms with Crippen LogP contribution in [0.2, 0.25) is 5.02 Å². The predicted molar refractivity (Wildman–Crippen MR) is 111 cm³/mol. The summed E-state index contributed by atoms with van der Waals surface area (Å²) in [5, 5.41) is 14.5. The summed E-state index contributed by atoms with van der Waals surface area (Å²) in [6.07, 6.45) is 2.00. The lowest BCUT2D eigenvalue weighted by Crippen LogP contribution is -2.27. The molecule has 2 N–H and O–H groups in total. The van der Waals surface area contributed by atoms with E-state index in [4.69, 9.17) is 16.0 Å². The Kier molecular flexibility index (Phi) is 5.82. The first-order chi connectivity index (χ1) is 14.1. The van der Waals surface area contributed by atoms with E-state index in [0.29, 0.717) is 27.7 Å². The van der Waals surface area contributed by atoms with E-state index in [1.807, 2.05) is 6.07 Å². The van der Waals surface area contributed by atoms with Crippen molar-refractivity contribution in [1.82, 2.24) is 15.5 Å². The van der Waals surface area contributed by atoms with Gasteiger partial charge in [-0.1, -0.05) is 41.6 Å². The van der Waals surface area contributed by atoms with Crippen LogP contribution >= 0.6 is 23.4 Å². The molecule has 0 bridgehead atoms. The molecule has 0 aliphatic heterocycles. The summed E-state index contributed by atoms with van der Waals surface area (Å²) in [7, 11) is 0. The Morgan fingerprint density at radius 2 is 1.97 bits per heavy atom. The number of para-hydroxylation sites is 1. The molecule has 4 rings (SSSR count). The molecule has 0 atom stereocenters. The second kappa shape index (κ2) is 8.67. The molecule has 1 heterocycles. The summed E-state index contributed by atoms with van der Waals surface area (Å²) in [5.74, 6) is -0.0590. The predicted octanol–water partition coefficient (Wildman–Crippen LogP) is 4.01. The van der Waals surface area contributed by atoms with Crippen molar-refractivity contribution in [1.29, 1.82) is 0 Å². The molecule has 1 saturated carbocycles. The van der Waals surface area contributed by atoms with Crippen molar-refractivity contribution in [2.45, 2.75) is 24.1 Å². The van der Waals surface area contributed by atoms with E-state index in [-0.39, 0.29) is 28.8 Å². The maximum atomic E-state index is 12.3. The fraction of sp³-hybridized carbons (Fsp3) is 0.200. The van der Waals surface area contributed by atoms with Crippen LogP contribution in [0.25, 0.3) is 11.5 Å². The molecule has 1 aliphatic rings. The number of benzene rings is 2. The molecule has 2 amide bonds. The van der Waals surface area contributed by atoms with Gasteiger partial charge < -0.3 is 15.1 Å². The number of thioether (sulfide) groups is 1. The number of carbonyl (C=O) groups excluding carboxylic acids is 2. The van der Waals surface area contributed by atoms with E-state index >= 15 is 0 Å². The minimum Gasteiger partial charge on any atom is -0.411 e. The molecule has 0 radical (unpaired) electrons. The largest absolute Gasteiger partial charge is 0.411 e. The molecule has 2 aromatic carbocycles. The summed E-state index contributed by atoms with van der Waals surface area (Å²) in [6, 6.07) is 14.2. The van der Waals surface area contributed by atoms with Crippen LogP contribution < -0.4 is 10.6 Å². The average molecular weight is 429 g/mol. The number of halogens is 1. The number of hydrogen-bond donors (Lipinski definition) is 2. The van der Waals surface area contributed by atoms with Gasteiger partial charge >= 0.3 is 0 Å². The van der Waals surface area contributed by atoms with Crippen LogP contribution in [-0.4, -0.2) is 33.8 Å². The third-order valence-corrected chi connectivity index (χ3v) is 5.22. The standard InChI is InChI=1S/C20H17ClN4O3S/c21-13-5-3-4-12(10-13)19-24-25-20(28-19)29-11-17(26)23-16-7-2-1-6-15(16)18(27)22-14-8-9-14/h1-7,10,14H,8-9,11H2,(H,22,27)(H,23,26). The van der Waals surface area contributed by atoms with E-state index < -0.39 is 0 Å². The summed E-state index contributed by atoms with van der Waals surface area (Å²) in [5.41, 5.74) is 1.62. The number of carbonyl (C=O) groups is 2. The minimum absolute atomic E-state index is 0.0652. The van der Waals surface area contributed by atoms with Gasteiger partial charge in [0.15, 0.2) is 0 Å². The Balaban J connectivity index is 1.36. The molecule has 0 spiro atoms. The fourth-order valence-corrected chi connectivity index (χ4v) is 3.35. The summed E-state index contributed by atoms with van der Waals surface area (Å²) in [4.78, 5) is 24.7. The Hall–Kier alpha value is -2.84. The van der Waals surface area contributed by atoms with Crippen LogP contribution in [0.15, 0.2) is 58.2 Å². The van der Waals surface area contributed by atoms with Gasteiger partial charge in [0.1, 0.15) is 0 Å². The highest BCUT2D eigenvalue weighted by molar-refractivity contribution is 7.99. The molecule has 0 saturated heterocycles. The zero-order valence-electron chi connectivity index (χ0n) is 15.2. The molecule has 148 valence electrons. The number of hydrogen-bond acceptors (Lipinski definition) is 6. The van der Waals surface area contributed by atoms with Gasteiger partial charge in [-0.25, -0.2) is 0 Å². The monoisotopic (exact) mass is 428 g/mol. The molecule has 1 fully saturated rings. The van der Waals surface area contributed by atoms with Gasteiger partial charge in [0.05, 0.1) is 17.0 Å². The molecule has 1 aliphatic carbocycles. The quantitative estimate of drug-likeness (QED) is 0.552. The van der Waals surface area contributed by atoms with Gasteiger partial charge in [0, 0.05) is 16.6 Å². The molecule has 7 nitrogen and oxygen atoms in total. The maximum Gasteiger partial charge on any atom is 0.277 e. The normalized spacial score (nSPS) is 13.1. The van der Waals surface area contributed by atoms with Crippen molar-refractivity contribution < 1.29 is 14.0 Å². The van der Waals surface area contributed by atoms with Crippen molar-refractivity contribution in [3.8, 4) is 11.5 Å². The minimum atomic E-state index is -0.274. The van der Waals surface area contributed by atoms with Crippen molar-refractivity contribution in [3.63, 3.8) is 0 Å². The van der Waals surface area contributed by atoms with Gasteiger partial charge in [-0.2, -0.15) is 0 Å². The lowest BCUT2D eigenvalue weighted by molar-refractivity contribution is -0.113. The number of nitrogens with one attached hydrogen (secondary N) is 2. The molecular weight excluding hydrogens is 412 g/mol. The van der Waals surface area contributed by atoms with Crippen molar-refractivity contribution in [2.24, 2.45) is 0 Å².